The lowest BCUT2D eigenvalue weighted by atomic mass is 9.63. The molecule has 0 heterocycles. The molecular weight excluding hydrogens is 304 g/mol. The second-order valence-corrected chi connectivity index (χ2v) is 8.61. The maximum Gasteiger partial charge on any atom is 0.144 e. The molecule has 1 saturated carbocycles. The van der Waals surface area contributed by atoms with Crippen LogP contribution in [-0.2, 0) is 17.6 Å². The fraction of sp³-hybridized carbons (Fsp3) is 0.458. The van der Waals surface area contributed by atoms with Crippen molar-refractivity contribution >= 4 is 16.6 Å². The van der Waals surface area contributed by atoms with Gasteiger partial charge < -0.3 is 0 Å². The van der Waals surface area contributed by atoms with Gasteiger partial charge in [-0.05, 0) is 71.4 Å². The summed E-state index contributed by atoms with van der Waals surface area (Å²) >= 11 is 0. The highest BCUT2D eigenvalue weighted by Gasteiger charge is 2.53. The summed E-state index contributed by atoms with van der Waals surface area (Å²) in [5.74, 6) is 1.66. The number of hydrogen-bond acceptors (Lipinski definition) is 1. The van der Waals surface area contributed by atoms with E-state index in [4.69, 9.17) is 0 Å². The van der Waals surface area contributed by atoms with E-state index in [1.165, 1.54) is 33.9 Å². The zero-order valence-electron chi connectivity index (χ0n) is 15.3. The van der Waals surface area contributed by atoms with Crippen LogP contribution in [0.3, 0.4) is 0 Å². The van der Waals surface area contributed by atoms with Crippen molar-refractivity contribution in [3.8, 4) is 0 Å². The summed E-state index contributed by atoms with van der Waals surface area (Å²) in [5.41, 5.74) is 5.65. The van der Waals surface area contributed by atoms with Gasteiger partial charge >= 0.3 is 0 Å². The van der Waals surface area contributed by atoms with E-state index in [0.29, 0.717) is 24.0 Å². The van der Waals surface area contributed by atoms with Gasteiger partial charge in [-0.15, -0.1) is 0 Å². The van der Waals surface area contributed by atoms with Crippen molar-refractivity contribution < 1.29 is 4.79 Å². The zero-order chi connectivity index (χ0) is 17.2. The van der Waals surface area contributed by atoms with E-state index >= 15 is 0 Å². The maximum absolute atomic E-state index is 13.1. The van der Waals surface area contributed by atoms with Gasteiger partial charge in [0.15, 0.2) is 0 Å². The third kappa shape index (κ3) is 2.11. The third-order valence-electron chi connectivity index (χ3n) is 7.31. The summed E-state index contributed by atoms with van der Waals surface area (Å²) in [6.07, 6.45) is 8.49. The minimum atomic E-state index is -0.0733. The standard InChI is InChI=1S/C24H26O/c1-3-15(2)21-6-4-5-17-10-18-12-23(25)24(14-19(18)11-22(17)21)13-16-7-8-20(24)9-16/h4-7,10-11,15,20H,3,8-9,12-14H2,1-2H3. The van der Waals surface area contributed by atoms with Gasteiger partial charge in [0.05, 0.1) is 0 Å². The van der Waals surface area contributed by atoms with Gasteiger partial charge in [-0.3, -0.25) is 4.79 Å². The molecule has 0 aliphatic heterocycles. The highest BCUT2D eigenvalue weighted by Crippen LogP contribution is 2.57. The van der Waals surface area contributed by atoms with Gasteiger partial charge in [-0.25, -0.2) is 0 Å². The van der Waals surface area contributed by atoms with Crippen LogP contribution in [0.1, 0.15) is 62.1 Å². The van der Waals surface area contributed by atoms with Crippen molar-refractivity contribution in [3.63, 3.8) is 0 Å². The average Bonchev–Trinajstić information content (AvgIpc) is 3.22. The first-order chi connectivity index (χ1) is 12.1. The Bertz CT molecular complexity index is 919. The number of allylic oxidation sites excluding steroid dienone is 2. The second kappa shape index (κ2) is 5.30. The van der Waals surface area contributed by atoms with Crippen LogP contribution in [0.5, 0.6) is 0 Å². The lowest BCUT2D eigenvalue weighted by Crippen LogP contribution is -2.42. The summed E-state index contributed by atoms with van der Waals surface area (Å²) < 4.78 is 0. The fourth-order valence-electron chi connectivity index (χ4n) is 5.65. The molecule has 0 saturated heterocycles. The third-order valence-corrected chi connectivity index (χ3v) is 7.31. The van der Waals surface area contributed by atoms with E-state index < -0.39 is 0 Å². The second-order valence-electron chi connectivity index (χ2n) is 8.61. The van der Waals surface area contributed by atoms with E-state index in [-0.39, 0.29) is 5.41 Å². The highest BCUT2D eigenvalue weighted by atomic mass is 16.1. The summed E-state index contributed by atoms with van der Waals surface area (Å²) in [7, 11) is 0. The SMILES string of the molecule is CCC(C)c1cccc2cc3c(cc12)CC1(CC2=CCC1C2)C(=O)C3. The van der Waals surface area contributed by atoms with E-state index in [2.05, 4.69) is 50.3 Å². The van der Waals surface area contributed by atoms with Gasteiger partial charge in [-0.2, -0.15) is 0 Å². The topological polar surface area (TPSA) is 17.1 Å². The van der Waals surface area contributed by atoms with Crippen molar-refractivity contribution in [2.24, 2.45) is 11.3 Å². The van der Waals surface area contributed by atoms with Crippen LogP contribution >= 0.6 is 0 Å². The molecule has 1 fully saturated rings. The Hall–Kier alpha value is -1.89. The van der Waals surface area contributed by atoms with Gasteiger partial charge in [0, 0.05) is 11.8 Å². The molecule has 0 amide bonds. The molecule has 5 rings (SSSR count). The van der Waals surface area contributed by atoms with Crippen LogP contribution in [0.15, 0.2) is 42.0 Å². The molecule has 3 aliphatic carbocycles. The lowest BCUT2D eigenvalue weighted by molar-refractivity contribution is -0.131. The van der Waals surface area contributed by atoms with Crippen LogP contribution in [0, 0.1) is 11.3 Å². The maximum atomic E-state index is 13.1. The molecule has 1 heteroatoms. The van der Waals surface area contributed by atoms with Gasteiger partial charge in [0.1, 0.15) is 5.78 Å². The minimum Gasteiger partial charge on any atom is -0.299 e. The van der Waals surface area contributed by atoms with Crippen molar-refractivity contribution in [2.45, 2.75) is 58.3 Å². The molecule has 2 aromatic rings. The monoisotopic (exact) mass is 330 g/mol. The molecule has 1 nitrogen and oxygen atoms in total. The van der Waals surface area contributed by atoms with Crippen molar-refractivity contribution in [3.05, 3.63) is 58.7 Å². The van der Waals surface area contributed by atoms with E-state index in [1.54, 1.807) is 5.57 Å². The Morgan fingerprint density at radius 3 is 2.80 bits per heavy atom. The number of rotatable bonds is 2. The van der Waals surface area contributed by atoms with E-state index in [9.17, 15) is 4.79 Å². The number of benzene rings is 2. The molecule has 2 bridgehead atoms. The molecular formula is C24H26O. The van der Waals surface area contributed by atoms with Gasteiger partial charge in [0.2, 0.25) is 0 Å². The van der Waals surface area contributed by atoms with E-state index in [0.717, 1.165) is 25.7 Å². The van der Waals surface area contributed by atoms with Crippen LogP contribution in [0.4, 0.5) is 0 Å². The van der Waals surface area contributed by atoms with Crippen molar-refractivity contribution in [1.29, 1.82) is 0 Å². The van der Waals surface area contributed by atoms with Crippen molar-refractivity contribution in [2.75, 3.05) is 0 Å². The summed E-state index contributed by atoms with van der Waals surface area (Å²) in [6.45, 7) is 4.58. The lowest BCUT2D eigenvalue weighted by Gasteiger charge is -2.39. The fourth-order valence-corrected chi connectivity index (χ4v) is 5.65. The number of fused-ring (bicyclic) bond motifs is 5. The first-order valence-corrected chi connectivity index (χ1v) is 9.86. The Morgan fingerprint density at radius 2 is 2.08 bits per heavy atom. The predicted molar refractivity (Wildman–Crippen MR) is 103 cm³/mol. The Balaban J connectivity index is 1.64. The number of Topliss-reactive ketones (excluding diaryl/α,β-unsaturated/α-hetero) is 1. The quantitative estimate of drug-likeness (QED) is 0.641. The van der Waals surface area contributed by atoms with Crippen molar-refractivity contribution in [1.82, 2.24) is 0 Å². The molecule has 3 atom stereocenters. The molecule has 128 valence electrons. The predicted octanol–water partition coefficient (Wildman–Crippen LogP) is 5.75. The molecule has 2 aromatic carbocycles. The first kappa shape index (κ1) is 15.4. The number of hydrogen-bond donors (Lipinski definition) is 0. The molecule has 25 heavy (non-hydrogen) atoms. The molecule has 0 N–H and O–H groups in total. The summed E-state index contributed by atoms with van der Waals surface area (Å²) in [4.78, 5) is 13.1. The van der Waals surface area contributed by atoms with Crippen LogP contribution in [-0.4, -0.2) is 5.78 Å². The Kier molecular flexibility index (Phi) is 3.26. The molecule has 3 aliphatic rings. The number of ketones is 1. The molecule has 0 radical (unpaired) electrons. The van der Waals surface area contributed by atoms with Crippen LogP contribution in [0.2, 0.25) is 0 Å². The Labute approximate surface area is 150 Å². The summed E-state index contributed by atoms with van der Waals surface area (Å²) in [6, 6.07) is 11.4. The van der Waals surface area contributed by atoms with Gasteiger partial charge in [-0.1, -0.05) is 55.8 Å². The largest absolute Gasteiger partial charge is 0.299 e. The number of carbonyl (C=O) groups excluding carboxylic acids is 1. The highest BCUT2D eigenvalue weighted by molar-refractivity contribution is 5.94. The van der Waals surface area contributed by atoms with Gasteiger partial charge in [0.25, 0.3) is 0 Å². The number of carbonyl (C=O) groups is 1. The molecule has 1 spiro atoms. The first-order valence-electron chi connectivity index (χ1n) is 9.86. The van der Waals surface area contributed by atoms with Crippen LogP contribution in [0.25, 0.3) is 10.8 Å². The smallest absolute Gasteiger partial charge is 0.144 e. The minimum absolute atomic E-state index is 0.0733. The molecule has 3 unspecified atom stereocenters. The zero-order valence-corrected chi connectivity index (χ0v) is 15.3. The molecule has 0 aromatic heterocycles. The summed E-state index contributed by atoms with van der Waals surface area (Å²) in [5, 5.41) is 2.71. The Morgan fingerprint density at radius 1 is 1.20 bits per heavy atom. The van der Waals surface area contributed by atoms with E-state index in [1.807, 2.05) is 0 Å². The normalized spacial score (nSPS) is 28.5. The van der Waals surface area contributed by atoms with Crippen LogP contribution < -0.4 is 0 Å². The average molecular weight is 330 g/mol.